The smallest absolute Gasteiger partial charge is 0.272 e. The lowest BCUT2D eigenvalue weighted by Crippen LogP contribution is -2.63. The number of carbonyl (C=O) groups is 3. The monoisotopic (exact) mass is 446 g/mol. The second-order valence-electron chi connectivity index (χ2n) is 9.23. The van der Waals surface area contributed by atoms with E-state index in [1.165, 1.54) is 15.6 Å². The molecule has 2 aliphatic heterocycles. The fourth-order valence-corrected chi connectivity index (χ4v) is 4.67. The summed E-state index contributed by atoms with van der Waals surface area (Å²) in [5, 5.41) is 10.3. The molecule has 0 unspecified atom stereocenters. The highest BCUT2D eigenvalue weighted by Crippen LogP contribution is 2.27. The Bertz CT molecular complexity index is 859. The highest BCUT2D eigenvalue weighted by Gasteiger charge is 2.46. The molecule has 10 heteroatoms. The van der Waals surface area contributed by atoms with Crippen molar-refractivity contribution in [3.63, 3.8) is 0 Å². The van der Waals surface area contributed by atoms with Gasteiger partial charge in [0.1, 0.15) is 11.2 Å². The van der Waals surface area contributed by atoms with Crippen LogP contribution >= 0.6 is 0 Å². The highest BCUT2D eigenvalue weighted by atomic mass is 16.5. The van der Waals surface area contributed by atoms with Crippen molar-refractivity contribution in [2.24, 2.45) is 0 Å². The first-order valence-corrected chi connectivity index (χ1v) is 11.6. The SMILES string of the molecule is CN1C(=O)c2cc(C(=O)NCCCN3CCOCC3)nn2C[C@]1(C)C(=O)NC1CCCC1. The van der Waals surface area contributed by atoms with Crippen LogP contribution in [0.2, 0.25) is 0 Å². The van der Waals surface area contributed by atoms with Crippen LogP contribution in [-0.2, 0) is 16.1 Å². The van der Waals surface area contributed by atoms with Gasteiger partial charge in [-0.15, -0.1) is 0 Å². The fourth-order valence-electron chi connectivity index (χ4n) is 4.67. The van der Waals surface area contributed by atoms with Crippen molar-refractivity contribution in [2.75, 3.05) is 46.4 Å². The minimum atomic E-state index is -1.05. The molecular formula is C22H34N6O4. The minimum Gasteiger partial charge on any atom is -0.379 e. The maximum atomic E-state index is 13.0. The molecule has 0 radical (unpaired) electrons. The van der Waals surface area contributed by atoms with Crippen molar-refractivity contribution in [3.8, 4) is 0 Å². The number of nitrogens with zero attached hydrogens (tertiary/aromatic N) is 4. The van der Waals surface area contributed by atoms with Gasteiger partial charge in [-0.1, -0.05) is 12.8 Å². The number of aromatic nitrogens is 2. The van der Waals surface area contributed by atoms with E-state index in [2.05, 4.69) is 20.6 Å². The van der Waals surface area contributed by atoms with E-state index in [1.807, 2.05) is 0 Å². The zero-order valence-corrected chi connectivity index (χ0v) is 19.1. The lowest BCUT2D eigenvalue weighted by atomic mass is 9.95. The summed E-state index contributed by atoms with van der Waals surface area (Å²) >= 11 is 0. The van der Waals surface area contributed by atoms with E-state index in [-0.39, 0.29) is 36.0 Å². The lowest BCUT2D eigenvalue weighted by molar-refractivity contribution is -0.133. The molecule has 176 valence electrons. The molecule has 4 rings (SSSR count). The first kappa shape index (κ1) is 22.7. The van der Waals surface area contributed by atoms with E-state index in [1.54, 1.807) is 14.0 Å². The third-order valence-electron chi connectivity index (χ3n) is 6.95. The van der Waals surface area contributed by atoms with E-state index >= 15 is 0 Å². The third-order valence-corrected chi connectivity index (χ3v) is 6.95. The Labute approximate surface area is 188 Å². The van der Waals surface area contributed by atoms with E-state index < -0.39 is 5.54 Å². The first-order valence-electron chi connectivity index (χ1n) is 11.6. The molecule has 3 heterocycles. The minimum absolute atomic E-state index is 0.167. The molecule has 2 N–H and O–H groups in total. The lowest BCUT2D eigenvalue weighted by Gasteiger charge is -2.41. The molecule has 1 aliphatic carbocycles. The van der Waals surface area contributed by atoms with Gasteiger partial charge in [0.2, 0.25) is 5.91 Å². The van der Waals surface area contributed by atoms with Crippen molar-refractivity contribution < 1.29 is 19.1 Å². The number of carbonyl (C=O) groups excluding carboxylic acids is 3. The topological polar surface area (TPSA) is 109 Å². The molecule has 1 aromatic heterocycles. The van der Waals surface area contributed by atoms with Crippen LogP contribution in [0, 0.1) is 0 Å². The number of nitrogens with one attached hydrogen (secondary N) is 2. The van der Waals surface area contributed by atoms with Gasteiger partial charge >= 0.3 is 0 Å². The van der Waals surface area contributed by atoms with Gasteiger partial charge < -0.3 is 20.3 Å². The van der Waals surface area contributed by atoms with Gasteiger partial charge in [-0.2, -0.15) is 5.10 Å². The summed E-state index contributed by atoms with van der Waals surface area (Å²) in [4.78, 5) is 42.4. The summed E-state index contributed by atoms with van der Waals surface area (Å²) in [6.45, 7) is 6.77. The van der Waals surface area contributed by atoms with Crippen LogP contribution in [0.15, 0.2) is 6.07 Å². The molecule has 3 aliphatic rings. The Hall–Kier alpha value is -2.46. The zero-order valence-electron chi connectivity index (χ0n) is 19.1. The number of hydrogen-bond acceptors (Lipinski definition) is 6. The van der Waals surface area contributed by atoms with Gasteiger partial charge in [-0.3, -0.25) is 24.0 Å². The molecule has 1 atom stereocenters. The molecule has 1 saturated carbocycles. The van der Waals surface area contributed by atoms with Gasteiger partial charge in [-0.05, 0) is 32.7 Å². The molecule has 0 aromatic carbocycles. The summed E-state index contributed by atoms with van der Waals surface area (Å²) in [5.74, 6) is -0.781. The van der Waals surface area contributed by atoms with E-state index in [9.17, 15) is 14.4 Å². The second-order valence-corrected chi connectivity index (χ2v) is 9.23. The van der Waals surface area contributed by atoms with Gasteiger partial charge in [0.25, 0.3) is 11.8 Å². The predicted molar refractivity (Wildman–Crippen MR) is 117 cm³/mol. The fraction of sp³-hybridized carbons (Fsp3) is 0.727. The van der Waals surface area contributed by atoms with Gasteiger partial charge in [0.15, 0.2) is 5.69 Å². The van der Waals surface area contributed by atoms with Crippen LogP contribution in [0.1, 0.15) is 60.0 Å². The average molecular weight is 447 g/mol. The van der Waals surface area contributed by atoms with Crippen LogP contribution in [0.4, 0.5) is 0 Å². The van der Waals surface area contributed by atoms with Crippen molar-refractivity contribution in [3.05, 3.63) is 17.5 Å². The van der Waals surface area contributed by atoms with Crippen molar-refractivity contribution in [1.82, 2.24) is 30.2 Å². The molecule has 0 bridgehead atoms. The maximum Gasteiger partial charge on any atom is 0.272 e. The average Bonchev–Trinajstić information content (AvgIpc) is 3.45. The van der Waals surface area contributed by atoms with E-state index in [0.29, 0.717) is 12.2 Å². The largest absolute Gasteiger partial charge is 0.379 e. The Morgan fingerprint density at radius 3 is 2.69 bits per heavy atom. The molecule has 10 nitrogen and oxygen atoms in total. The van der Waals surface area contributed by atoms with Crippen LogP contribution in [0.3, 0.4) is 0 Å². The van der Waals surface area contributed by atoms with Crippen molar-refractivity contribution in [2.45, 2.75) is 57.2 Å². The Morgan fingerprint density at radius 1 is 1.25 bits per heavy atom. The van der Waals surface area contributed by atoms with Crippen molar-refractivity contribution in [1.29, 1.82) is 0 Å². The van der Waals surface area contributed by atoms with E-state index in [4.69, 9.17) is 4.74 Å². The maximum absolute atomic E-state index is 13.0. The number of ether oxygens (including phenoxy) is 1. The first-order chi connectivity index (χ1) is 15.4. The number of morpholine rings is 1. The number of amides is 3. The van der Waals surface area contributed by atoms with Crippen LogP contribution < -0.4 is 10.6 Å². The van der Waals surface area contributed by atoms with Crippen molar-refractivity contribution >= 4 is 17.7 Å². The molecular weight excluding hydrogens is 412 g/mol. The summed E-state index contributed by atoms with van der Waals surface area (Å²) in [6, 6.07) is 1.69. The number of likely N-dealkylation sites (N-methyl/N-ethyl adjacent to an activating group) is 1. The highest BCUT2D eigenvalue weighted by molar-refractivity contribution is 6.01. The zero-order chi connectivity index (χ0) is 22.7. The molecule has 1 aromatic rings. The van der Waals surface area contributed by atoms with Gasteiger partial charge in [0, 0.05) is 38.8 Å². The van der Waals surface area contributed by atoms with E-state index in [0.717, 1.165) is 65.0 Å². The molecule has 2 fully saturated rings. The number of fused-ring (bicyclic) bond motifs is 1. The third kappa shape index (κ3) is 4.66. The van der Waals surface area contributed by atoms with Gasteiger partial charge in [-0.25, -0.2) is 0 Å². The van der Waals surface area contributed by atoms with Crippen LogP contribution in [-0.4, -0.2) is 95.3 Å². The Balaban J connectivity index is 1.36. The second kappa shape index (κ2) is 9.58. The summed E-state index contributed by atoms with van der Waals surface area (Å²) < 4.78 is 6.84. The Kier molecular flexibility index (Phi) is 6.80. The number of rotatable bonds is 7. The standard InChI is InChI=1S/C22H34N6O4/c1-22(21(31)24-16-6-3-4-7-16)15-28-18(20(30)26(22)2)14-17(25-28)19(29)23-8-5-9-27-10-12-32-13-11-27/h14,16H,3-13,15H2,1-2H3,(H,23,29)(H,24,31)/t22-/m1/s1. The Morgan fingerprint density at radius 2 is 1.97 bits per heavy atom. The quantitative estimate of drug-likeness (QED) is 0.581. The summed E-state index contributed by atoms with van der Waals surface area (Å²) in [5.41, 5.74) is -0.518. The molecule has 1 saturated heterocycles. The summed E-state index contributed by atoms with van der Waals surface area (Å²) in [7, 11) is 1.64. The predicted octanol–water partition coefficient (Wildman–Crippen LogP) is 0.238. The van der Waals surface area contributed by atoms with Gasteiger partial charge in [0.05, 0.1) is 19.8 Å². The van der Waals surface area contributed by atoms with Crippen LogP contribution in [0.25, 0.3) is 0 Å². The van der Waals surface area contributed by atoms with Crippen LogP contribution in [0.5, 0.6) is 0 Å². The molecule has 3 amide bonds. The normalized spacial score (nSPS) is 24.4. The molecule has 0 spiro atoms. The summed E-state index contributed by atoms with van der Waals surface area (Å²) in [6.07, 6.45) is 5.01. The number of hydrogen-bond donors (Lipinski definition) is 2. The molecule has 32 heavy (non-hydrogen) atoms.